The average Bonchev–Trinajstić information content (AvgIpc) is 3.01. The maximum absolute atomic E-state index is 5.57. The van der Waals surface area contributed by atoms with Crippen LogP contribution in [0.15, 0.2) is 29.3 Å². The van der Waals surface area contributed by atoms with Gasteiger partial charge in [0.1, 0.15) is 6.61 Å². The summed E-state index contributed by atoms with van der Waals surface area (Å²) in [7, 11) is 0. The topological polar surface area (TPSA) is 33.6 Å². The summed E-state index contributed by atoms with van der Waals surface area (Å²) in [5.41, 5.74) is 2.53. The highest BCUT2D eigenvalue weighted by Crippen LogP contribution is 2.18. The van der Waals surface area contributed by atoms with Crippen molar-refractivity contribution in [2.45, 2.75) is 25.3 Å². The maximum Gasteiger partial charge on any atom is 0.216 e. The molecule has 1 N–H and O–H groups in total. The van der Waals surface area contributed by atoms with Crippen LogP contribution in [-0.2, 0) is 11.2 Å². The van der Waals surface area contributed by atoms with Crippen LogP contribution in [-0.4, -0.2) is 31.6 Å². The van der Waals surface area contributed by atoms with Crippen LogP contribution in [0.25, 0.3) is 0 Å². The zero-order valence-corrected chi connectivity index (χ0v) is 9.98. The number of ether oxygens (including phenoxy) is 1. The number of aliphatic imine (C=N–C) groups is 1. The van der Waals surface area contributed by atoms with Gasteiger partial charge < -0.3 is 10.1 Å². The Balaban J connectivity index is 1.82. The Labute approximate surface area is 102 Å². The molecule has 1 aromatic carbocycles. The molecule has 3 heteroatoms. The molecular weight excluding hydrogens is 212 g/mol. The quantitative estimate of drug-likeness (QED) is 0.858. The Morgan fingerprint density at radius 2 is 2.29 bits per heavy atom. The lowest BCUT2D eigenvalue weighted by atomic mass is 9.99. The van der Waals surface area contributed by atoms with Gasteiger partial charge in [-0.05, 0) is 37.4 Å². The summed E-state index contributed by atoms with van der Waals surface area (Å²) in [6.45, 7) is 2.68. The number of rotatable bonds is 3. The molecule has 0 bridgehead atoms. The summed E-state index contributed by atoms with van der Waals surface area (Å²) in [6, 6.07) is 9.10. The fourth-order valence-electron chi connectivity index (χ4n) is 2.60. The van der Waals surface area contributed by atoms with Crippen molar-refractivity contribution >= 4 is 5.90 Å². The van der Waals surface area contributed by atoms with Gasteiger partial charge in [-0.2, -0.15) is 0 Å². The van der Waals surface area contributed by atoms with Crippen LogP contribution in [0.3, 0.4) is 0 Å². The Bertz CT molecular complexity index is 422. The number of hydrogen-bond acceptors (Lipinski definition) is 3. The van der Waals surface area contributed by atoms with Crippen molar-refractivity contribution in [1.82, 2.24) is 5.32 Å². The van der Waals surface area contributed by atoms with E-state index in [1.165, 1.54) is 24.0 Å². The van der Waals surface area contributed by atoms with E-state index in [2.05, 4.69) is 34.6 Å². The van der Waals surface area contributed by atoms with E-state index in [9.17, 15) is 0 Å². The molecule has 0 radical (unpaired) electrons. The van der Waals surface area contributed by atoms with Gasteiger partial charge in [0.25, 0.3) is 0 Å². The highest BCUT2D eigenvalue weighted by Gasteiger charge is 2.19. The summed E-state index contributed by atoms with van der Waals surface area (Å²) < 4.78 is 5.57. The standard InChI is InChI=1S/C14H18N2O/c1-2-6-13(14-16-8-9-17-14)11(4-1)10-12-5-3-7-15-12/h1-2,4,6,12,15H,3,5,7-10H2. The van der Waals surface area contributed by atoms with Crippen LogP contribution < -0.4 is 5.32 Å². The summed E-state index contributed by atoms with van der Waals surface area (Å²) in [5, 5.41) is 3.54. The SMILES string of the molecule is c1ccc(C2=NCCO2)c(CC2CCCN2)c1. The number of nitrogens with zero attached hydrogens (tertiary/aromatic N) is 1. The van der Waals surface area contributed by atoms with Gasteiger partial charge >= 0.3 is 0 Å². The molecule has 1 aromatic rings. The zero-order valence-electron chi connectivity index (χ0n) is 9.98. The fraction of sp³-hybridized carbons (Fsp3) is 0.500. The molecule has 0 spiro atoms. The van der Waals surface area contributed by atoms with E-state index >= 15 is 0 Å². The molecule has 3 nitrogen and oxygen atoms in total. The summed E-state index contributed by atoms with van der Waals surface area (Å²) in [4.78, 5) is 4.42. The molecular formula is C14H18N2O. The second-order valence-electron chi connectivity index (χ2n) is 4.69. The van der Waals surface area contributed by atoms with Gasteiger partial charge in [0.2, 0.25) is 5.90 Å². The smallest absolute Gasteiger partial charge is 0.216 e. The van der Waals surface area contributed by atoms with Gasteiger partial charge in [0.05, 0.1) is 6.54 Å². The van der Waals surface area contributed by atoms with E-state index in [1.54, 1.807) is 0 Å². The van der Waals surface area contributed by atoms with Crippen molar-refractivity contribution < 1.29 is 4.74 Å². The molecule has 3 rings (SSSR count). The molecule has 2 aliphatic rings. The summed E-state index contributed by atoms with van der Waals surface area (Å²) in [5.74, 6) is 0.832. The molecule has 2 heterocycles. The van der Waals surface area contributed by atoms with Crippen LogP contribution >= 0.6 is 0 Å². The van der Waals surface area contributed by atoms with E-state index in [1.807, 2.05) is 0 Å². The first kappa shape index (κ1) is 10.8. The Morgan fingerprint density at radius 1 is 1.35 bits per heavy atom. The van der Waals surface area contributed by atoms with Crippen molar-refractivity contribution in [2.75, 3.05) is 19.7 Å². The summed E-state index contributed by atoms with van der Waals surface area (Å²) >= 11 is 0. The largest absolute Gasteiger partial charge is 0.476 e. The van der Waals surface area contributed by atoms with Crippen molar-refractivity contribution in [1.29, 1.82) is 0 Å². The van der Waals surface area contributed by atoms with Crippen LogP contribution in [0.2, 0.25) is 0 Å². The Hall–Kier alpha value is -1.35. The van der Waals surface area contributed by atoms with E-state index < -0.39 is 0 Å². The monoisotopic (exact) mass is 230 g/mol. The predicted octanol–water partition coefficient (Wildman–Crippen LogP) is 1.76. The molecule has 1 unspecified atom stereocenters. The molecule has 1 saturated heterocycles. The van der Waals surface area contributed by atoms with Gasteiger partial charge in [0, 0.05) is 11.6 Å². The van der Waals surface area contributed by atoms with Gasteiger partial charge in [-0.15, -0.1) is 0 Å². The molecule has 17 heavy (non-hydrogen) atoms. The fourth-order valence-corrected chi connectivity index (χ4v) is 2.60. The molecule has 2 aliphatic heterocycles. The second kappa shape index (κ2) is 4.88. The zero-order chi connectivity index (χ0) is 11.5. The molecule has 0 aromatic heterocycles. The van der Waals surface area contributed by atoms with E-state index in [0.29, 0.717) is 6.04 Å². The van der Waals surface area contributed by atoms with Crippen LogP contribution in [0.4, 0.5) is 0 Å². The maximum atomic E-state index is 5.57. The lowest BCUT2D eigenvalue weighted by Gasteiger charge is -2.13. The number of hydrogen-bond donors (Lipinski definition) is 1. The van der Waals surface area contributed by atoms with Crippen molar-refractivity contribution in [3.05, 3.63) is 35.4 Å². The van der Waals surface area contributed by atoms with Crippen LogP contribution in [0, 0.1) is 0 Å². The van der Waals surface area contributed by atoms with E-state index in [-0.39, 0.29) is 0 Å². The normalized spacial score (nSPS) is 23.5. The van der Waals surface area contributed by atoms with Crippen molar-refractivity contribution in [3.8, 4) is 0 Å². The van der Waals surface area contributed by atoms with Crippen LogP contribution in [0.1, 0.15) is 24.0 Å². The Kier molecular flexibility index (Phi) is 3.10. The minimum absolute atomic E-state index is 0.623. The molecule has 90 valence electrons. The predicted molar refractivity (Wildman–Crippen MR) is 68.5 cm³/mol. The van der Waals surface area contributed by atoms with Gasteiger partial charge in [-0.3, -0.25) is 0 Å². The number of nitrogens with one attached hydrogen (secondary N) is 1. The summed E-state index contributed by atoms with van der Waals surface area (Å²) in [6.07, 6.45) is 3.66. The van der Waals surface area contributed by atoms with Crippen molar-refractivity contribution in [2.24, 2.45) is 4.99 Å². The van der Waals surface area contributed by atoms with Gasteiger partial charge in [-0.25, -0.2) is 4.99 Å². The minimum Gasteiger partial charge on any atom is -0.476 e. The highest BCUT2D eigenvalue weighted by molar-refractivity contribution is 5.96. The first-order chi connectivity index (χ1) is 8.43. The minimum atomic E-state index is 0.623. The highest BCUT2D eigenvalue weighted by atomic mass is 16.5. The third-order valence-corrected chi connectivity index (χ3v) is 3.46. The number of benzene rings is 1. The first-order valence-corrected chi connectivity index (χ1v) is 6.42. The molecule has 1 atom stereocenters. The molecule has 0 saturated carbocycles. The van der Waals surface area contributed by atoms with Crippen LogP contribution in [0.5, 0.6) is 0 Å². The molecule has 0 aliphatic carbocycles. The third kappa shape index (κ3) is 2.34. The van der Waals surface area contributed by atoms with Gasteiger partial charge in [0.15, 0.2) is 0 Å². The Morgan fingerprint density at radius 3 is 3.06 bits per heavy atom. The van der Waals surface area contributed by atoms with E-state index in [0.717, 1.165) is 32.0 Å². The first-order valence-electron chi connectivity index (χ1n) is 6.42. The lowest BCUT2D eigenvalue weighted by molar-refractivity contribution is 0.348. The second-order valence-corrected chi connectivity index (χ2v) is 4.69. The third-order valence-electron chi connectivity index (χ3n) is 3.46. The van der Waals surface area contributed by atoms with Crippen molar-refractivity contribution in [3.63, 3.8) is 0 Å². The molecule has 0 amide bonds. The van der Waals surface area contributed by atoms with Gasteiger partial charge in [-0.1, -0.05) is 18.2 Å². The molecule has 1 fully saturated rings. The average molecular weight is 230 g/mol. The van der Waals surface area contributed by atoms with E-state index in [4.69, 9.17) is 4.74 Å². The lowest BCUT2D eigenvalue weighted by Crippen LogP contribution is -2.24.